The molecule has 1 aliphatic heterocycles. The van der Waals surface area contributed by atoms with E-state index in [9.17, 15) is 13.6 Å². The minimum atomic E-state index is -0.878. The third-order valence-electron chi connectivity index (χ3n) is 5.53. The van der Waals surface area contributed by atoms with E-state index in [2.05, 4.69) is 15.2 Å². The zero-order valence-corrected chi connectivity index (χ0v) is 16.6. The number of benzene rings is 2. The third kappa shape index (κ3) is 4.14. The molecule has 1 atom stereocenters. The molecule has 1 saturated heterocycles. The van der Waals surface area contributed by atoms with Crippen LogP contribution in [0.3, 0.4) is 0 Å². The molecule has 0 aliphatic carbocycles. The number of H-pyrrole nitrogens is 1. The van der Waals surface area contributed by atoms with E-state index in [1.165, 1.54) is 6.07 Å². The van der Waals surface area contributed by atoms with Crippen molar-refractivity contribution in [1.82, 2.24) is 15.2 Å². The quantitative estimate of drug-likeness (QED) is 0.609. The van der Waals surface area contributed by atoms with Crippen molar-refractivity contribution in [3.05, 3.63) is 70.4 Å². The lowest BCUT2D eigenvalue weighted by Gasteiger charge is -2.35. The molecule has 2 N–H and O–H groups in total. The second kappa shape index (κ2) is 8.51. The molecule has 1 aromatic heterocycles. The number of carbonyl (C=O) groups excluding carboxylic acids is 1. The number of halogens is 3. The fourth-order valence-corrected chi connectivity index (χ4v) is 4.28. The number of likely N-dealkylation sites (tertiary alicyclic amines) is 1. The average Bonchev–Trinajstić information content (AvgIpc) is 3.21. The van der Waals surface area contributed by atoms with Gasteiger partial charge in [-0.1, -0.05) is 24.1 Å². The van der Waals surface area contributed by atoms with Gasteiger partial charge in [-0.25, -0.2) is 8.78 Å². The van der Waals surface area contributed by atoms with Gasteiger partial charge in [0.1, 0.15) is 0 Å². The second-order valence-electron chi connectivity index (χ2n) is 7.36. The van der Waals surface area contributed by atoms with Gasteiger partial charge in [-0.15, -0.1) is 0 Å². The Morgan fingerprint density at radius 1 is 1.10 bits per heavy atom. The molecule has 0 radical (unpaired) electrons. The summed E-state index contributed by atoms with van der Waals surface area (Å²) in [5, 5.41) is 4.11. The first-order valence-electron chi connectivity index (χ1n) is 9.77. The van der Waals surface area contributed by atoms with Crippen molar-refractivity contribution in [3.8, 4) is 0 Å². The minimum Gasteiger partial charge on any atom is -0.361 e. The van der Waals surface area contributed by atoms with Gasteiger partial charge >= 0.3 is 0 Å². The van der Waals surface area contributed by atoms with E-state index in [1.807, 2.05) is 12.1 Å². The molecule has 1 amide bonds. The molecule has 2 heterocycles. The van der Waals surface area contributed by atoms with Crippen molar-refractivity contribution in [2.75, 3.05) is 19.6 Å². The number of piperidine rings is 1. The largest absolute Gasteiger partial charge is 0.361 e. The molecule has 29 heavy (non-hydrogen) atoms. The summed E-state index contributed by atoms with van der Waals surface area (Å²) in [6.07, 6.45) is 5.02. The maximum absolute atomic E-state index is 13.8. The lowest BCUT2D eigenvalue weighted by molar-refractivity contribution is 0.0924. The molecule has 4 nitrogen and oxygen atoms in total. The van der Waals surface area contributed by atoms with E-state index in [-0.39, 0.29) is 18.5 Å². The number of aromatic nitrogens is 1. The Kier molecular flexibility index (Phi) is 5.83. The van der Waals surface area contributed by atoms with Crippen LogP contribution in [0.4, 0.5) is 8.78 Å². The van der Waals surface area contributed by atoms with Gasteiger partial charge in [0.2, 0.25) is 0 Å². The summed E-state index contributed by atoms with van der Waals surface area (Å²) < 4.78 is 27.2. The Labute approximate surface area is 172 Å². The second-order valence-corrected chi connectivity index (χ2v) is 7.74. The molecule has 1 fully saturated rings. The molecule has 1 aliphatic rings. The van der Waals surface area contributed by atoms with Crippen LogP contribution in [-0.2, 0) is 0 Å². The zero-order valence-electron chi connectivity index (χ0n) is 15.9. The molecule has 7 heteroatoms. The van der Waals surface area contributed by atoms with Crippen LogP contribution in [0.5, 0.6) is 0 Å². The number of amides is 1. The molecule has 0 spiro atoms. The first-order chi connectivity index (χ1) is 14.0. The van der Waals surface area contributed by atoms with E-state index < -0.39 is 11.6 Å². The van der Waals surface area contributed by atoms with Gasteiger partial charge in [0.05, 0.1) is 16.6 Å². The Hall–Kier alpha value is -2.44. The van der Waals surface area contributed by atoms with E-state index in [1.54, 1.807) is 18.3 Å². The summed E-state index contributed by atoms with van der Waals surface area (Å²) in [5.74, 6) is -2.04. The van der Waals surface area contributed by atoms with Crippen molar-refractivity contribution in [2.45, 2.75) is 25.3 Å². The van der Waals surface area contributed by atoms with Crippen LogP contribution in [0.1, 0.15) is 41.2 Å². The van der Waals surface area contributed by atoms with Gasteiger partial charge in [-0.05, 0) is 61.8 Å². The van der Waals surface area contributed by atoms with Gasteiger partial charge in [0.25, 0.3) is 5.91 Å². The molecule has 3 aromatic rings. The monoisotopic (exact) mass is 417 g/mol. The smallest absolute Gasteiger partial charge is 0.252 e. The Balaban J connectivity index is 1.55. The van der Waals surface area contributed by atoms with Crippen LogP contribution in [0.2, 0.25) is 5.02 Å². The van der Waals surface area contributed by atoms with E-state index in [0.29, 0.717) is 16.1 Å². The van der Waals surface area contributed by atoms with E-state index in [0.717, 1.165) is 49.3 Å². The van der Waals surface area contributed by atoms with Gasteiger partial charge < -0.3 is 10.3 Å². The van der Waals surface area contributed by atoms with Crippen LogP contribution in [-0.4, -0.2) is 35.4 Å². The van der Waals surface area contributed by atoms with Crippen LogP contribution < -0.4 is 5.32 Å². The van der Waals surface area contributed by atoms with Crippen molar-refractivity contribution >= 4 is 28.4 Å². The number of nitrogens with zero attached hydrogens (tertiary/aromatic N) is 1. The first-order valence-corrected chi connectivity index (χ1v) is 10.1. The Morgan fingerprint density at radius 2 is 1.90 bits per heavy atom. The standard InChI is InChI=1S/C22H22ClF2N3O/c23-21-15-8-9-26-19(15)7-5-16(21)22(29)27-13-20(28-10-2-1-3-11-28)14-4-6-17(24)18(25)12-14/h4-9,12,20,26H,1-3,10-11,13H2,(H,27,29). The summed E-state index contributed by atoms with van der Waals surface area (Å²) in [5.41, 5.74) is 1.90. The highest BCUT2D eigenvalue weighted by atomic mass is 35.5. The SMILES string of the molecule is O=C(NCC(c1ccc(F)c(F)c1)N1CCCCC1)c1ccc2[nH]ccc2c1Cl. The highest BCUT2D eigenvalue weighted by Crippen LogP contribution is 2.28. The van der Waals surface area contributed by atoms with Crippen molar-refractivity contribution in [2.24, 2.45) is 0 Å². The summed E-state index contributed by atoms with van der Waals surface area (Å²) in [6.45, 7) is 2.00. The fraction of sp³-hybridized carbons (Fsp3) is 0.318. The average molecular weight is 418 g/mol. The van der Waals surface area contributed by atoms with Gasteiger partial charge in [-0.2, -0.15) is 0 Å². The third-order valence-corrected chi connectivity index (χ3v) is 5.94. The van der Waals surface area contributed by atoms with Gasteiger partial charge in [-0.3, -0.25) is 9.69 Å². The summed E-state index contributed by atoms with van der Waals surface area (Å²) in [4.78, 5) is 18.1. The number of aromatic amines is 1. The number of hydrogen-bond acceptors (Lipinski definition) is 2. The molecular formula is C22H22ClF2N3O. The van der Waals surface area contributed by atoms with Crippen LogP contribution >= 0.6 is 11.6 Å². The predicted molar refractivity (Wildman–Crippen MR) is 110 cm³/mol. The summed E-state index contributed by atoms with van der Waals surface area (Å²) >= 11 is 6.41. The highest BCUT2D eigenvalue weighted by Gasteiger charge is 2.24. The topological polar surface area (TPSA) is 48.1 Å². The molecule has 2 aromatic carbocycles. The lowest BCUT2D eigenvalue weighted by Crippen LogP contribution is -2.40. The molecule has 0 saturated carbocycles. The Bertz CT molecular complexity index is 1030. The molecule has 0 bridgehead atoms. The van der Waals surface area contributed by atoms with Crippen molar-refractivity contribution < 1.29 is 13.6 Å². The minimum absolute atomic E-state index is 0.232. The molecular weight excluding hydrogens is 396 g/mol. The molecule has 4 rings (SSSR count). The summed E-state index contributed by atoms with van der Waals surface area (Å²) in [6, 6.07) is 9.04. The normalized spacial score (nSPS) is 16.1. The highest BCUT2D eigenvalue weighted by molar-refractivity contribution is 6.38. The first kappa shape index (κ1) is 19.9. The van der Waals surface area contributed by atoms with Crippen molar-refractivity contribution in [1.29, 1.82) is 0 Å². The zero-order chi connectivity index (χ0) is 20.4. The van der Waals surface area contributed by atoms with E-state index in [4.69, 9.17) is 11.6 Å². The Morgan fingerprint density at radius 3 is 2.66 bits per heavy atom. The number of nitrogens with one attached hydrogen (secondary N) is 2. The van der Waals surface area contributed by atoms with Crippen LogP contribution in [0.25, 0.3) is 10.9 Å². The van der Waals surface area contributed by atoms with Crippen LogP contribution in [0, 0.1) is 11.6 Å². The number of hydrogen-bond donors (Lipinski definition) is 2. The number of fused-ring (bicyclic) bond motifs is 1. The fourth-order valence-electron chi connectivity index (χ4n) is 3.96. The van der Waals surface area contributed by atoms with Crippen LogP contribution in [0.15, 0.2) is 42.6 Å². The molecule has 152 valence electrons. The number of rotatable bonds is 5. The van der Waals surface area contributed by atoms with Gasteiger partial charge in [0.15, 0.2) is 11.6 Å². The molecule has 1 unspecified atom stereocenters. The van der Waals surface area contributed by atoms with Crippen molar-refractivity contribution in [3.63, 3.8) is 0 Å². The van der Waals surface area contributed by atoms with E-state index >= 15 is 0 Å². The number of carbonyl (C=O) groups is 1. The lowest BCUT2D eigenvalue weighted by atomic mass is 10.0. The maximum atomic E-state index is 13.8. The maximum Gasteiger partial charge on any atom is 0.252 e. The summed E-state index contributed by atoms with van der Waals surface area (Å²) in [7, 11) is 0. The predicted octanol–water partition coefficient (Wildman–Crippen LogP) is 5.06. The van der Waals surface area contributed by atoms with Gasteiger partial charge in [0, 0.05) is 23.6 Å².